The molecule has 0 aliphatic carbocycles. The van der Waals surface area contributed by atoms with E-state index in [1.54, 1.807) is 7.05 Å². The number of rotatable bonds is 6. The van der Waals surface area contributed by atoms with Gasteiger partial charge in [-0.1, -0.05) is 26.0 Å². The van der Waals surface area contributed by atoms with E-state index >= 15 is 0 Å². The molecule has 0 bridgehead atoms. The van der Waals surface area contributed by atoms with Crippen molar-refractivity contribution >= 4 is 0 Å². The lowest BCUT2D eigenvalue weighted by molar-refractivity contribution is 0.197. The van der Waals surface area contributed by atoms with E-state index < -0.39 is 0 Å². The van der Waals surface area contributed by atoms with Crippen LogP contribution < -0.4 is 4.74 Å². The maximum atomic E-state index is 6.26. The molecule has 24 heavy (non-hydrogen) atoms. The van der Waals surface area contributed by atoms with Crippen molar-refractivity contribution in [3.8, 4) is 17.1 Å². The number of benzene rings is 1. The molecule has 2 aromatic heterocycles. The molecule has 1 unspecified atom stereocenters. The number of aryl methyl sites for hydroxylation is 3. The van der Waals surface area contributed by atoms with Crippen molar-refractivity contribution < 1.29 is 4.74 Å². The van der Waals surface area contributed by atoms with Crippen molar-refractivity contribution in [3.05, 3.63) is 42.0 Å². The Morgan fingerprint density at radius 1 is 1.17 bits per heavy atom. The van der Waals surface area contributed by atoms with Gasteiger partial charge < -0.3 is 9.30 Å². The van der Waals surface area contributed by atoms with Crippen molar-refractivity contribution in [1.82, 2.24) is 29.8 Å². The fourth-order valence-electron chi connectivity index (χ4n) is 2.67. The molecule has 1 atom stereocenters. The monoisotopic (exact) mass is 326 g/mol. The van der Waals surface area contributed by atoms with E-state index in [-0.39, 0.29) is 6.10 Å². The van der Waals surface area contributed by atoms with E-state index in [2.05, 4.69) is 33.8 Å². The van der Waals surface area contributed by atoms with Crippen LogP contribution in [0, 0.1) is 0 Å². The summed E-state index contributed by atoms with van der Waals surface area (Å²) >= 11 is 0. The summed E-state index contributed by atoms with van der Waals surface area (Å²) < 4.78 is 8.32. The molecule has 0 saturated carbocycles. The highest BCUT2D eigenvalue weighted by molar-refractivity contribution is 5.63. The van der Waals surface area contributed by atoms with Gasteiger partial charge in [0, 0.05) is 19.7 Å². The van der Waals surface area contributed by atoms with Gasteiger partial charge in [-0.05, 0) is 23.8 Å². The molecule has 0 amide bonds. The maximum absolute atomic E-state index is 6.26. The highest BCUT2D eigenvalue weighted by Crippen LogP contribution is 2.31. The molecule has 0 aliphatic rings. The van der Waals surface area contributed by atoms with Gasteiger partial charge in [-0.25, -0.2) is 4.98 Å². The summed E-state index contributed by atoms with van der Waals surface area (Å²) in [4.78, 5) is 6.13. The molecule has 0 radical (unpaired) electrons. The third kappa shape index (κ3) is 3.15. The lowest BCUT2D eigenvalue weighted by Crippen LogP contribution is -2.08. The molecular formula is C17H22N6O. The molecule has 7 nitrogen and oxygen atoms in total. The van der Waals surface area contributed by atoms with E-state index in [4.69, 9.17) is 9.72 Å². The minimum atomic E-state index is -0.116. The Hall–Kier alpha value is -2.70. The van der Waals surface area contributed by atoms with Crippen molar-refractivity contribution in [2.75, 3.05) is 0 Å². The fourth-order valence-corrected chi connectivity index (χ4v) is 2.67. The Morgan fingerprint density at radius 3 is 2.58 bits per heavy atom. The zero-order valence-electron chi connectivity index (χ0n) is 14.5. The molecule has 0 aliphatic heterocycles. The zero-order chi connectivity index (χ0) is 17.1. The van der Waals surface area contributed by atoms with Crippen molar-refractivity contribution in [2.24, 2.45) is 14.1 Å². The summed E-state index contributed by atoms with van der Waals surface area (Å²) in [5.74, 6) is 2.34. The van der Waals surface area contributed by atoms with Gasteiger partial charge in [0.1, 0.15) is 17.7 Å². The van der Waals surface area contributed by atoms with Crippen LogP contribution >= 0.6 is 0 Å². The average molecular weight is 326 g/mol. The second-order valence-electron chi connectivity index (χ2n) is 5.66. The predicted octanol–water partition coefficient (Wildman–Crippen LogP) is 2.70. The van der Waals surface area contributed by atoms with Gasteiger partial charge in [-0.15, -0.1) is 10.2 Å². The topological polar surface area (TPSA) is 70.7 Å². The average Bonchev–Trinajstić information content (AvgIpc) is 3.18. The van der Waals surface area contributed by atoms with Crippen molar-refractivity contribution in [1.29, 1.82) is 0 Å². The Labute approximate surface area is 141 Å². The standard InChI is InChI=1S/C17H22N6O/c1-5-14(13-11-22(3)16(6-2)18-13)24-15-10-8-7-9-12(15)17-19-21-23(4)20-17/h7-11,14H,5-6H2,1-4H3. The van der Waals surface area contributed by atoms with Gasteiger partial charge in [0.05, 0.1) is 18.3 Å². The number of hydrogen-bond donors (Lipinski definition) is 0. The van der Waals surface area contributed by atoms with Crippen LogP contribution in [0.2, 0.25) is 0 Å². The third-order valence-corrected chi connectivity index (χ3v) is 3.91. The molecule has 0 spiro atoms. The second-order valence-corrected chi connectivity index (χ2v) is 5.66. The molecule has 2 heterocycles. The molecule has 0 N–H and O–H groups in total. The molecule has 0 fully saturated rings. The quantitative estimate of drug-likeness (QED) is 0.696. The summed E-state index contributed by atoms with van der Waals surface area (Å²) in [7, 11) is 3.76. The molecule has 126 valence electrons. The number of para-hydroxylation sites is 1. The Balaban J connectivity index is 1.91. The highest BCUT2D eigenvalue weighted by atomic mass is 16.5. The highest BCUT2D eigenvalue weighted by Gasteiger charge is 2.19. The smallest absolute Gasteiger partial charge is 0.208 e. The lowest BCUT2D eigenvalue weighted by atomic mass is 10.1. The Kier molecular flexibility index (Phi) is 4.59. The first-order chi connectivity index (χ1) is 11.6. The minimum absolute atomic E-state index is 0.116. The number of hydrogen-bond acceptors (Lipinski definition) is 5. The van der Waals surface area contributed by atoms with Crippen molar-refractivity contribution in [3.63, 3.8) is 0 Å². The largest absolute Gasteiger partial charge is 0.483 e. The predicted molar refractivity (Wildman–Crippen MR) is 90.5 cm³/mol. The van der Waals surface area contributed by atoms with Gasteiger partial charge in [0.2, 0.25) is 5.82 Å². The summed E-state index contributed by atoms with van der Waals surface area (Å²) in [6.07, 6.45) is 3.64. The molecule has 7 heteroatoms. The molecule has 1 aromatic carbocycles. The van der Waals surface area contributed by atoms with Gasteiger partial charge in [-0.2, -0.15) is 4.80 Å². The number of tetrazole rings is 1. The van der Waals surface area contributed by atoms with E-state index in [0.717, 1.165) is 35.7 Å². The van der Waals surface area contributed by atoms with Gasteiger partial charge in [0.25, 0.3) is 0 Å². The summed E-state index contributed by atoms with van der Waals surface area (Å²) in [5, 5.41) is 12.3. The van der Waals surface area contributed by atoms with Gasteiger partial charge in [0.15, 0.2) is 0 Å². The number of nitrogens with zero attached hydrogens (tertiary/aromatic N) is 6. The van der Waals surface area contributed by atoms with Crippen LogP contribution in [0.3, 0.4) is 0 Å². The molecule has 3 aromatic rings. The van der Waals surface area contributed by atoms with Crippen LogP contribution in [-0.4, -0.2) is 29.8 Å². The van der Waals surface area contributed by atoms with Crippen LogP contribution in [0.25, 0.3) is 11.4 Å². The van der Waals surface area contributed by atoms with Crippen molar-refractivity contribution in [2.45, 2.75) is 32.8 Å². The van der Waals surface area contributed by atoms with Crippen LogP contribution in [0.5, 0.6) is 5.75 Å². The number of aromatic nitrogens is 6. The van der Waals surface area contributed by atoms with Crippen LogP contribution in [0.15, 0.2) is 30.5 Å². The SMILES string of the molecule is CCc1nc(C(CC)Oc2ccccc2-c2nnn(C)n2)cn1C. The zero-order valence-corrected chi connectivity index (χ0v) is 14.5. The van der Waals surface area contributed by atoms with Gasteiger partial charge in [-0.3, -0.25) is 0 Å². The third-order valence-electron chi connectivity index (χ3n) is 3.91. The van der Waals surface area contributed by atoms with E-state index in [0.29, 0.717) is 5.82 Å². The van der Waals surface area contributed by atoms with E-state index in [1.807, 2.05) is 37.5 Å². The first-order valence-corrected chi connectivity index (χ1v) is 8.14. The number of imidazole rings is 1. The molecule has 3 rings (SSSR count). The van der Waals surface area contributed by atoms with E-state index in [1.165, 1.54) is 4.80 Å². The van der Waals surface area contributed by atoms with Crippen LogP contribution in [0.1, 0.15) is 37.9 Å². The normalized spacial score (nSPS) is 12.3. The van der Waals surface area contributed by atoms with Gasteiger partial charge >= 0.3 is 0 Å². The van der Waals surface area contributed by atoms with Crippen LogP contribution in [-0.2, 0) is 20.5 Å². The fraction of sp³-hybridized carbons (Fsp3) is 0.412. The number of ether oxygens (including phenoxy) is 1. The summed E-state index contributed by atoms with van der Waals surface area (Å²) in [6.45, 7) is 4.19. The second kappa shape index (κ2) is 6.82. The van der Waals surface area contributed by atoms with Crippen LogP contribution in [0.4, 0.5) is 0 Å². The van der Waals surface area contributed by atoms with E-state index in [9.17, 15) is 0 Å². The Morgan fingerprint density at radius 2 is 1.96 bits per heavy atom. The molecule has 0 saturated heterocycles. The minimum Gasteiger partial charge on any atom is -0.483 e. The summed E-state index contributed by atoms with van der Waals surface area (Å²) in [6, 6.07) is 7.75. The first-order valence-electron chi connectivity index (χ1n) is 8.14. The maximum Gasteiger partial charge on any atom is 0.208 e. The summed E-state index contributed by atoms with van der Waals surface area (Å²) in [5.41, 5.74) is 1.77. The Bertz CT molecular complexity index is 822. The molecular weight excluding hydrogens is 304 g/mol. The first kappa shape index (κ1) is 16.2. The lowest BCUT2D eigenvalue weighted by Gasteiger charge is -2.17.